The van der Waals surface area contributed by atoms with E-state index in [-0.39, 0.29) is 5.41 Å². The third-order valence-electron chi connectivity index (χ3n) is 6.94. The molecule has 0 amide bonds. The molecule has 0 unspecified atom stereocenters. The van der Waals surface area contributed by atoms with Crippen LogP contribution in [-0.4, -0.2) is 10.7 Å². The van der Waals surface area contributed by atoms with E-state index in [0.717, 1.165) is 25.2 Å². The van der Waals surface area contributed by atoms with Crippen molar-refractivity contribution in [2.24, 2.45) is 16.7 Å². The highest BCUT2D eigenvalue weighted by Crippen LogP contribution is 2.80. The Kier molecular flexibility index (Phi) is 2.29. The molecule has 1 N–H and O–H groups in total. The van der Waals surface area contributed by atoms with Gasteiger partial charge >= 0.3 is 0 Å². The van der Waals surface area contributed by atoms with Crippen LogP contribution in [0.25, 0.3) is 0 Å². The number of aryl methyl sites for hydroxylation is 1. The lowest BCUT2D eigenvalue weighted by Gasteiger charge is -2.43. The molecule has 3 saturated carbocycles. The summed E-state index contributed by atoms with van der Waals surface area (Å²) in [4.78, 5) is 0. The second-order valence-corrected chi connectivity index (χ2v) is 7.45. The summed E-state index contributed by atoms with van der Waals surface area (Å²) in [6.45, 7) is 2.39. The molecule has 1 spiro atoms. The first-order chi connectivity index (χ1) is 9.10. The molecule has 3 fully saturated rings. The summed E-state index contributed by atoms with van der Waals surface area (Å²) < 4.78 is 0. The monoisotopic (exact) mass is 256 g/mol. The van der Waals surface area contributed by atoms with Gasteiger partial charge in [-0.05, 0) is 61.8 Å². The van der Waals surface area contributed by atoms with Crippen molar-refractivity contribution in [1.29, 1.82) is 0 Å². The van der Waals surface area contributed by atoms with Crippen molar-refractivity contribution in [2.45, 2.75) is 57.5 Å². The maximum Gasteiger partial charge on any atom is 0.0712 e. The van der Waals surface area contributed by atoms with Crippen LogP contribution in [0.4, 0.5) is 0 Å². The van der Waals surface area contributed by atoms with E-state index < -0.39 is 5.60 Å². The van der Waals surface area contributed by atoms with Gasteiger partial charge in [0.1, 0.15) is 0 Å². The van der Waals surface area contributed by atoms with Crippen LogP contribution in [0.2, 0.25) is 0 Å². The van der Waals surface area contributed by atoms with Gasteiger partial charge in [-0.1, -0.05) is 37.3 Å². The number of hydrogen-bond acceptors (Lipinski definition) is 1. The van der Waals surface area contributed by atoms with Crippen LogP contribution in [0, 0.1) is 16.7 Å². The zero-order valence-corrected chi connectivity index (χ0v) is 11.9. The quantitative estimate of drug-likeness (QED) is 0.868. The Bertz CT molecular complexity index is 490. The van der Waals surface area contributed by atoms with Crippen molar-refractivity contribution in [3.63, 3.8) is 0 Å². The van der Waals surface area contributed by atoms with Crippen LogP contribution in [0.5, 0.6) is 0 Å². The molecule has 3 aliphatic carbocycles. The Hall–Kier alpha value is -0.820. The summed E-state index contributed by atoms with van der Waals surface area (Å²) in [6.07, 6.45) is 8.41. The Morgan fingerprint density at radius 2 is 1.89 bits per heavy atom. The van der Waals surface area contributed by atoms with E-state index in [0.29, 0.717) is 5.41 Å². The van der Waals surface area contributed by atoms with Gasteiger partial charge in [0, 0.05) is 5.41 Å². The van der Waals surface area contributed by atoms with E-state index in [2.05, 4.69) is 37.3 Å². The Labute approximate surface area is 116 Å². The molecule has 2 bridgehead atoms. The maximum absolute atomic E-state index is 11.3. The number of hydrogen-bond donors (Lipinski definition) is 1. The predicted molar refractivity (Wildman–Crippen MR) is 76.8 cm³/mol. The molecular weight excluding hydrogens is 232 g/mol. The molecule has 4 rings (SSSR count). The molecule has 0 radical (unpaired) electrons. The van der Waals surface area contributed by atoms with Crippen LogP contribution < -0.4 is 0 Å². The number of benzene rings is 1. The lowest BCUT2D eigenvalue weighted by Crippen LogP contribution is -2.45. The van der Waals surface area contributed by atoms with Gasteiger partial charge in [-0.15, -0.1) is 0 Å². The average Bonchev–Trinajstić information content (AvgIpc) is 3.15. The standard InChI is InChI=1S/C18H24O/c1-16-9-8-15(17(16)11-12-17)13-18(16,19)10-7-14-5-3-2-4-6-14/h2-6,15,19H,7-13H2,1H3/t15-,16-,18-/m1/s1. The van der Waals surface area contributed by atoms with Crippen molar-refractivity contribution in [3.05, 3.63) is 35.9 Å². The minimum absolute atomic E-state index is 0.208. The molecule has 0 heterocycles. The molecule has 102 valence electrons. The molecule has 0 aromatic heterocycles. The van der Waals surface area contributed by atoms with Gasteiger partial charge in [-0.2, -0.15) is 0 Å². The molecule has 1 heteroatoms. The molecule has 1 aromatic carbocycles. The lowest BCUT2D eigenvalue weighted by molar-refractivity contribution is -0.0845. The van der Waals surface area contributed by atoms with Crippen molar-refractivity contribution in [1.82, 2.24) is 0 Å². The van der Waals surface area contributed by atoms with Crippen LogP contribution >= 0.6 is 0 Å². The molecule has 1 nitrogen and oxygen atoms in total. The van der Waals surface area contributed by atoms with Gasteiger partial charge in [0.25, 0.3) is 0 Å². The second kappa shape index (κ2) is 3.63. The maximum atomic E-state index is 11.3. The highest BCUT2D eigenvalue weighted by atomic mass is 16.3. The van der Waals surface area contributed by atoms with Crippen molar-refractivity contribution in [3.8, 4) is 0 Å². The molecular formula is C18H24O. The molecule has 3 atom stereocenters. The van der Waals surface area contributed by atoms with Crippen molar-refractivity contribution < 1.29 is 5.11 Å². The summed E-state index contributed by atoms with van der Waals surface area (Å²) >= 11 is 0. The van der Waals surface area contributed by atoms with Crippen LogP contribution in [0.15, 0.2) is 30.3 Å². The predicted octanol–water partition coefficient (Wildman–Crippen LogP) is 3.95. The van der Waals surface area contributed by atoms with Crippen LogP contribution in [0.1, 0.15) is 51.0 Å². The van der Waals surface area contributed by atoms with Gasteiger partial charge in [-0.3, -0.25) is 0 Å². The molecule has 0 saturated heterocycles. The summed E-state index contributed by atoms with van der Waals surface area (Å²) in [6, 6.07) is 10.6. The Balaban J connectivity index is 1.55. The van der Waals surface area contributed by atoms with Gasteiger partial charge in [-0.25, -0.2) is 0 Å². The summed E-state index contributed by atoms with van der Waals surface area (Å²) in [5.74, 6) is 0.818. The minimum atomic E-state index is -0.401. The second-order valence-electron chi connectivity index (χ2n) is 7.45. The van der Waals surface area contributed by atoms with Crippen LogP contribution in [-0.2, 0) is 6.42 Å². The van der Waals surface area contributed by atoms with Crippen molar-refractivity contribution in [2.75, 3.05) is 0 Å². The fourth-order valence-corrected chi connectivity index (χ4v) is 5.53. The van der Waals surface area contributed by atoms with Gasteiger partial charge in [0.2, 0.25) is 0 Å². The first-order valence-corrected chi connectivity index (χ1v) is 7.86. The lowest BCUT2D eigenvalue weighted by atomic mass is 9.66. The summed E-state index contributed by atoms with van der Waals surface area (Å²) in [7, 11) is 0. The number of rotatable bonds is 3. The highest BCUT2D eigenvalue weighted by Gasteiger charge is 2.75. The summed E-state index contributed by atoms with van der Waals surface area (Å²) in [5, 5.41) is 11.3. The fraction of sp³-hybridized carbons (Fsp3) is 0.667. The van der Waals surface area contributed by atoms with Gasteiger partial charge in [0.15, 0.2) is 0 Å². The molecule has 1 aromatic rings. The van der Waals surface area contributed by atoms with E-state index in [9.17, 15) is 5.11 Å². The van der Waals surface area contributed by atoms with E-state index in [1.807, 2.05) is 0 Å². The van der Waals surface area contributed by atoms with Gasteiger partial charge < -0.3 is 5.11 Å². The van der Waals surface area contributed by atoms with E-state index in [4.69, 9.17) is 0 Å². The minimum Gasteiger partial charge on any atom is -0.389 e. The first-order valence-electron chi connectivity index (χ1n) is 7.86. The topological polar surface area (TPSA) is 20.2 Å². The Morgan fingerprint density at radius 3 is 2.53 bits per heavy atom. The summed E-state index contributed by atoms with van der Waals surface area (Å²) in [5.41, 5.74) is 1.72. The third kappa shape index (κ3) is 1.40. The highest BCUT2D eigenvalue weighted by molar-refractivity contribution is 5.26. The normalized spacial score (nSPS) is 41.9. The zero-order chi connectivity index (χ0) is 13.1. The Morgan fingerprint density at radius 1 is 1.16 bits per heavy atom. The van der Waals surface area contributed by atoms with E-state index >= 15 is 0 Å². The fourth-order valence-electron chi connectivity index (χ4n) is 5.53. The van der Waals surface area contributed by atoms with Gasteiger partial charge in [0.05, 0.1) is 5.60 Å². The third-order valence-corrected chi connectivity index (χ3v) is 6.94. The molecule has 0 aliphatic heterocycles. The molecule has 19 heavy (non-hydrogen) atoms. The average molecular weight is 256 g/mol. The SMILES string of the molecule is C[C@]12CC[C@H](C[C@]1(O)CCc1ccccc1)C21CC1. The number of aliphatic hydroxyl groups is 1. The van der Waals surface area contributed by atoms with E-state index in [1.54, 1.807) is 0 Å². The van der Waals surface area contributed by atoms with Crippen molar-refractivity contribution >= 4 is 0 Å². The largest absolute Gasteiger partial charge is 0.389 e. The zero-order valence-electron chi connectivity index (χ0n) is 11.9. The first kappa shape index (κ1) is 12.0. The molecule has 3 aliphatic rings. The smallest absolute Gasteiger partial charge is 0.0712 e. The van der Waals surface area contributed by atoms with Crippen LogP contribution in [0.3, 0.4) is 0 Å². The van der Waals surface area contributed by atoms with E-state index in [1.165, 1.54) is 31.2 Å².